The van der Waals surface area contributed by atoms with E-state index in [1.54, 1.807) is 17.1 Å². The highest BCUT2D eigenvalue weighted by Crippen LogP contribution is 2.60. The van der Waals surface area contributed by atoms with Crippen molar-refractivity contribution in [2.24, 2.45) is 11.8 Å². The van der Waals surface area contributed by atoms with E-state index in [0.29, 0.717) is 23.2 Å². The maximum absolute atomic E-state index is 13.1. The Hall–Kier alpha value is -3.10. The number of H-pyrrole nitrogens is 1. The molecule has 29 heavy (non-hydrogen) atoms. The zero-order valence-corrected chi connectivity index (χ0v) is 16.0. The number of aromatic amines is 1. The number of tetrazole rings is 1. The minimum Gasteiger partial charge on any atom is -0.345 e. The van der Waals surface area contributed by atoms with Gasteiger partial charge in [0.1, 0.15) is 11.4 Å². The van der Waals surface area contributed by atoms with E-state index in [1.165, 1.54) is 12.7 Å². The summed E-state index contributed by atoms with van der Waals surface area (Å²) in [7, 11) is 0. The highest BCUT2D eigenvalue weighted by Gasteiger charge is 2.60. The summed E-state index contributed by atoms with van der Waals surface area (Å²) in [5, 5.41) is 23.1. The summed E-state index contributed by atoms with van der Waals surface area (Å²) < 4.78 is 0. The van der Waals surface area contributed by atoms with E-state index in [9.17, 15) is 4.79 Å². The molecule has 4 bridgehead atoms. The Labute approximate surface area is 167 Å². The average molecular weight is 390 g/mol. The van der Waals surface area contributed by atoms with Gasteiger partial charge >= 0.3 is 0 Å². The van der Waals surface area contributed by atoms with Gasteiger partial charge in [-0.1, -0.05) is 6.07 Å². The Morgan fingerprint density at radius 1 is 1.17 bits per heavy atom. The van der Waals surface area contributed by atoms with Crippen LogP contribution in [-0.4, -0.2) is 46.8 Å². The van der Waals surface area contributed by atoms with Gasteiger partial charge in [0.15, 0.2) is 6.33 Å². The number of rotatable bonds is 4. The third kappa shape index (κ3) is 2.67. The van der Waals surface area contributed by atoms with Crippen molar-refractivity contribution in [2.45, 2.75) is 49.6 Å². The Morgan fingerprint density at radius 3 is 2.76 bits per heavy atom. The molecule has 4 fully saturated rings. The summed E-state index contributed by atoms with van der Waals surface area (Å²) in [6.07, 6.45) is 9.51. The van der Waals surface area contributed by atoms with E-state index >= 15 is 0 Å². The number of carbonyl (C=O) groups excluding carboxylic acids is 1. The van der Waals surface area contributed by atoms with E-state index in [2.05, 4.69) is 35.9 Å². The maximum atomic E-state index is 13.1. The fraction of sp³-hybridized carbons (Fsp3) is 0.500. The Balaban J connectivity index is 1.27. The second kappa shape index (κ2) is 5.95. The van der Waals surface area contributed by atoms with E-state index in [-0.39, 0.29) is 17.0 Å². The van der Waals surface area contributed by atoms with E-state index in [4.69, 9.17) is 0 Å². The molecule has 4 aliphatic rings. The van der Waals surface area contributed by atoms with Gasteiger partial charge in [-0.3, -0.25) is 14.9 Å². The van der Waals surface area contributed by atoms with Gasteiger partial charge in [0.05, 0.1) is 11.2 Å². The van der Waals surface area contributed by atoms with Crippen LogP contribution in [0, 0.1) is 11.8 Å². The van der Waals surface area contributed by atoms with Crippen LogP contribution in [0.15, 0.2) is 36.8 Å². The Morgan fingerprint density at radius 2 is 2.03 bits per heavy atom. The second-order valence-corrected chi connectivity index (χ2v) is 9.03. The fourth-order valence-corrected chi connectivity index (χ4v) is 6.37. The molecule has 0 radical (unpaired) electrons. The summed E-state index contributed by atoms with van der Waals surface area (Å²) in [6, 6.07) is 7.42. The molecule has 2 N–H and O–H groups in total. The van der Waals surface area contributed by atoms with Gasteiger partial charge in [-0.05, 0) is 73.8 Å². The molecule has 2 unspecified atom stereocenters. The molecule has 0 aliphatic heterocycles. The lowest BCUT2D eigenvalue weighted by Gasteiger charge is -2.61. The minimum atomic E-state index is -0.217. The number of hydrogen-bond donors (Lipinski definition) is 2. The number of pyridine rings is 1. The van der Waals surface area contributed by atoms with E-state index < -0.39 is 0 Å². The number of carbonyl (C=O) groups is 1. The quantitative estimate of drug-likeness (QED) is 0.704. The number of nitrogens with zero attached hydrogens (tertiary/aromatic N) is 6. The molecule has 1 amide bonds. The van der Waals surface area contributed by atoms with Crippen molar-refractivity contribution < 1.29 is 4.79 Å². The van der Waals surface area contributed by atoms with Gasteiger partial charge in [-0.2, -0.15) is 9.90 Å². The van der Waals surface area contributed by atoms with E-state index in [0.717, 1.165) is 37.8 Å². The molecule has 3 aromatic heterocycles. The third-order valence-electron chi connectivity index (χ3n) is 6.93. The summed E-state index contributed by atoms with van der Waals surface area (Å²) in [5.74, 6) is 1.07. The second-order valence-electron chi connectivity index (χ2n) is 9.03. The number of hydrogen-bond acceptors (Lipinski definition) is 6. The normalized spacial score (nSPS) is 32.4. The molecule has 4 atom stereocenters. The predicted molar refractivity (Wildman–Crippen MR) is 102 cm³/mol. The average Bonchev–Trinajstić information content (AvgIpc) is 3.40. The van der Waals surface area contributed by atoms with Crippen LogP contribution in [0.25, 0.3) is 11.4 Å². The summed E-state index contributed by atoms with van der Waals surface area (Å²) >= 11 is 0. The molecule has 7 rings (SSSR count). The molecule has 9 nitrogen and oxygen atoms in total. The molecule has 0 saturated heterocycles. The van der Waals surface area contributed by atoms with Crippen LogP contribution in [0.5, 0.6) is 0 Å². The fourth-order valence-electron chi connectivity index (χ4n) is 6.37. The summed E-state index contributed by atoms with van der Waals surface area (Å²) in [6.45, 7) is 0. The highest BCUT2D eigenvalue weighted by molar-refractivity contribution is 5.93. The zero-order valence-electron chi connectivity index (χ0n) is 16.0. The number of amides is 1. The lowest BCUT2D eigenvalue weighted by molar-refractivity contribution is -0.0811. The first-order valence-corrected chi connectivity index (χ1v) is 10.2. The minimum absolute atomic E-state index is 0.108. The monoisotopic (exact) mass is 390 g/mol. The molecule has 0 aromatic carbocycles. The standard InChI is InChI=1S/C20H22N8O/c29-18(17-6-16(25-26-17)15-3-1-2-4-21-15)24-19-7-13-5-14(8-19)10-20(9-13,11-19)28-23-12-22-27-28/h1-4,6,12-14H,5,7-11H2,(H,24,29)(H,25,26)/t13-,14+,19?,20?. The van der Waals surface area contributed by atoms with Crippen molar-refractivity contribution in [1.82, 2.24) is 40.7 Å². The topological polar surface area (TPSA) is 114 Å². The highest BCUT2D eigenvalue weighted by atomic mass is 16.2. The van der Waals surface area contributed by atoms with Gasteiger partial charge in [-0.15, -0.1) is 10.2 Å². The predicted octanol–water partition coefficient (Wildman–Crippen LogP) is 1.94. The van der Waals surface area contributed by atoms with Crippen LogP contribution in [0.1, 0.15) is 49.0 Å². The largest absolute Gasteiger partial charge is 0.345 e. The van der Waals surface area contributed by atoms with Crippen molar-refractivity contribution in [3.8, 4) is 11.4 Å². The molecule has 148 valence electrons. The lowest BCUT2D eigenvalue weighted by atomic mass is 9.50. The molecule has 4 saturated carbocycles. The van der Waals surface area contributed by atoms with Crippen LogP contribution in [0.3, 0.4) is 0 Å². The zero-order chi connectivity index (χ0) is 19.5. The van der Waals surface area contributed by atoms with Crippen LogP contribution >= 0.6 is 0 Å². The van der Waals surface area contributed by atoms with Crippen LogP contribution in [0.2, 0.25) is 0 Å². The van der Waals surface area contributed by atoms with Crippen molar-refractivity contribution >= 4 is 5.91 Å². The molecule has 4 aliphatic carbocycles. The number of nitrogens with one attached hydrogen (secondary N) is 2. The third-order valence-corrected chi connectivity index (χ3v) is 6.93. The van der Waals surface area contributed by atoms with Crippen molar-refractivity contribution in [2.75, 3.05) is 0 Å². The SMILES string of the molecule is O=C(NC12C[C@H]3C[C@@H](C1)CC(n1ncnn1)(C3)C2)c1cc(-c2ccccn2)n[nH]1. The molecule has 0 spiro atoms. The first kappa shape index (κ1) is 16.8. The summed E-state index contributed by atoms with van der Waals surface area (Å²) in [4.78, 5) is 19.2. The van der Waals surface area contributed by atoms with Gasteiger partial charge in [-0.25, -0.2) is 0 Å². The maximum Gasteiger partial charge on any atom is 0.269 e. The first-order chi connectivity index (χ1) is 14.1. The molecule has 3 heterocycles. The molecule has 3 aromatic rings. The molecular formula is C20H22N8O. The Kier molecular flexibility index (Phi) is 3.45. The van der Waals surface area contributed by atoms with Gasteiger partial charge < -0.3 is 5.32 Å². The van der Waals surface area contributed by atoms with Crippen LogP contribution in [0.4, 0.5) is 0 Å². The van der Waals surface area contributed by atoms with Gasteiger partial charge in [0, 0.05) is 11.7 Å². The van der Waals surface area contributed by atoms with Crippen molar-refractivity contribution in [3.63, 3.8) is 0 Å². The van der Waals surface area contributed by atoms with Crippen LogP contribution < -0.4 is 5.32 Å². The van der Waals surface area contributed by atoms with Gasteiger partial charge in [0.25, 0.3) is 5.91 Å². The smallest absolute Gasteiger partial charge is 0.269 e. The first-order valence-electron chi connectivity index (χ1n) is 10.2. The molecule has 9 heteroatoms. The van der Waals surface area contributed by atoms with Crippen molar-refractivity contribution in [3.05, 3.63) is 42.5 Å². The van der Waals surface area contributed by atoms with Gasteiger partial charge in [0.2, 0.25) is 0 Å². The molecular weight excluding hydrogens is 368 g/mol. The summed E-state index contributed by atoms with van der Waals surface area (Å²) in [5.41, 5.74) is 1.54. The number of aromatic nitrogens is 7. The Bertz CT molecular complexity index is 1030. The van der Waals surface area contributed by atoms with Crippen molar-refractivity contribution in [1.29, 1.82) is 0 Å². The van der Waals surface area contributed by atoms with Crippen LogP contribution in [-0.2, 0) is 5.54 Å². The van der Waals surface area contributed by atoms with E-state index in [1.807, 2.05) is 18.2 Å². The lowest BCUT2D eigenvalue weighted by Crippen LogP contribution is -2.66.